The van der Waals surface area contributed by atoms with Gasteiger partial charge in [0, 0.05) is 18.7 Å². The Morgan fingerprint density at radius 1 is 1.04 bits per heavy atom. The Hall–Kier alpha value is -2.82. The highest BCUT2D eigenvalue weighted by Gasteiger charge is 2.29. The maximum Gasteiger partial charge on any atom is 0.253 e. The Labute approximate surface area is 160 Å². The minimum absolute atomic E-state index is 0.0301. The zero-order valence-corrected chi connectivity index (χ0v) is 16.1. The molecule has 2 aromatic rings. The first-order chi connectivity index (χ1) is 12.8. The molecule has 0 aliphatic carbocycles. The molecule has 0 aromatic heterocycles. The summed E-state index contributed by atoms with van der Waals surface area (Å²) in [5.41, 5.74) is 4.11. The summed E-state index contributed by atoms with van der Waals surface area (Å²) in [5.74, 6) is -0.416. The lowest BCUT2D eigenvalue weighted by Gasteiger charge is -2.32. The van der Waals surface area contributed by atoms with Gasteiger partial charge in [-0.2, -0.15) is 0 Å². The molecule has 1 unspecified atom stereocenters. The van der Waals surface area contributed by atoms with Crippen LogP contribution in [0.2, 0.25) is 0 Å². The molecule has 1 aliphatic rings. The van der Waals surface area contributed by atoms with Gasteiger partial charge < -0.3 is 15.3 Å². The number of rotatable bonds is 3. The van der Waals surface area contributed by atoms with Crippen LogP contribution >= 0.6 is 0 Å². The number of hydrogen-bond donors (Lipinski definition) is 2. The second-order valence-corrected chi connectivity index (χ2v) is 7.48. The van der Waals surface area contributed by atoms with Crippen LogP contribution in [0.15, 0.2) is 36.4 Å². The number of benzene rings is 2. The van der Waals surface area contributed by atoms with Gasteiger partial charge in [0.1, 0.15) is 5.75 Å². The van der Waals surface area contributed by atoms with Crippen molar-refractivity contribution < 1.29 is 14.7 Å². The number of piperidine rings is 1. The Kier molecular flexibility index (Phi) is 5.49. The van der Waals surface area contributed by atoms with Crippen LogP contribution < -0.4 is 5.32 Å². The molecule has 3 rings (SSSR count). The molecule has 2 amide bonds. The lowest BCUT2D eigenvalue weighted by molar-refractivity contribution is -0.121. The second kappa shape index (κ2) is 7.82. The molecule has 142 valence electrons. The summed E-state index contributed by atoms with van der Waals surface area (Å²) in [6.07, 6.45) is 1.52. The summed E-state index contributed by atoms with van der Waals surface area (Å²) < 4.78 is 0. The highest BCUT2D eigenvalue weighted by Crippen LogP contribution is 2.26. The molecule has 1 fully saturated rings. The highest BCUT2D eigenvalue weighted by molar-refractivity contribution is 5.97. The van der Waals surface area contributed by atoms with Gasteiger partial charge in [0.15, 0.2) is 0 Å². The van der Waals surface area contributed by atoms with Crippen LogP contribution in [0.1, 0.15) is 39.9 Å². The van der Waals surface area contributed by atoms with Crippen LogP contribution in [0.3, 0.4) is 0 Å². The van der Waals surface area contributed by atoms with Crippen molar-refractivity contribution >= 4 is 17.5 Å². The third kappa shape index (κ3) is 4.48. The fourth-order valence-electron chi connectivity index (χ4n) is 3.64. The molecular weight excluding hydrogens is 340 g/mol. The Morgan fingerprint density at radius 3 is 2.41 bits per heavy atom. The average molecular weight is 366 g/mol. The molecule has 1 saturated heterocycles. The van der Waals surface area contributed by atoms with E-state index in [1.54, 1.807) is 17.0 Å². The first kappa shape index (κ1) is 19.0. The van der Waals surface area contributed by atoms with Gasteiger partial charge in [0.25, 0.3) is 5.91 Å². The quantitative estimate of drug-likeness (QED) is 0.812. The van der Waals surface area contributed by atoms with Crippen LogP contribution in [0, 0.1) is 26.7 Å². The van der Waals surface area contributed by atoms with Crippen LogP contribution in [-0.2, 0) is 4.79 Å². The number of carbonyl (C=O) groups is 2. The molecule has 0 radical (unpaired) electrons. The van der Waals surface area contributed by atoms with Gasteiger partial charge in [-0.1, -0.05) is 23.3 Å². The Bertz CT molecular complexity index is 856. The number of amides is 2. The summed E-state index contributed by atoms with van der Waals surface area (Å²) in [7, 11) is 0. The van der Waals surface area contributed by atoms with Crippen molar-refractivity contribution in [3.8, 4) is 5.75 Å². The number of likely N-dealkylation sites (tertiary alicyclic amines) is 1. The molecule has 27 heavy (non-hydrogen) atoms. The molecule has 1 aliphatic heterocycles. The molecule has 0 saturated carbocycles. The van der Waals surface area contributed by atoms with Crippen LogP contribution in [0.5, 0.6) is 5.75 Å². The van der Waals surface area contributed by atoms with E-state index >= 15 is 0 Å². The minimum atomic E-state index is -0.283. The smallest absolute Gasteiger partial charge is 0.253 e. The van der Waals surface area contributed by atoms with Crippen LogP contribution in [0.25, 0.3) is 0 Å². The number of hydrogen-bond acceptors (Lipinski definition) is 3. The van der Waals surface area contributed by atoms with E-state index in [2.05, 4.69) is 5.32 Å². The number of phenolic OH excluding ortho intramolecular Hbond substituents is 1. The number of aromatic hydroxyl groups is 1. The summed E-state index contributed by atoms with van der Waals surface area (Å²) >= 11 is 0. The van der Waals surface area contributed by atoms with Gasteiger partial charge in [-0.15, -0.1) is 0 Å². The molecule has 1 atom stereocenters. The van der Waals surface area contributed by atoms with Crippen molar-refractivity contribution in [2.24, 2.45) is 5.92 Å². The van der Waals surface area contributed by atoms with E-state index in [4.69, 9.17) is 0 Å². The highest BCUT2D eigenvalue weighted by atomic mass is 16.3. The van der Waals surface area contributed by atoms with E-state index in [9.17, 15) is 14.7 Å². The van der Waals surface area contributed by atoms with Crippen molar-refractivity contribution in [2.75, 3.05) is 18.4 Å². The number of aryl methyl sites for hydroxylation is 3. The molecule has 2 aromatic carbocycles. The Morgan fingerprint density at radius 2 is 1.74 bits per heavy atom. The molecule has 0 spiro atoms. The van der Waals surface area contributed by atoms with Crippen molar-refractivity contribution in [1.82, 2.24) is 4.90 Å². The monoisotopic (exact) mass is 366 g/mol. The van der Waals surface area contributed by atoms with Gasteiger partial charge >= 0.3 is 0 Å². The number of anilines is 1. The topological polar surface area (TPSA) is 69.6 Å². The third-order valence-corrected chi connectivity index (χ3v) is 4.96. The first-order valence-corrected chi connectivity index (χ1v) is 9.31. The maximum absolute atomic E-state index is 12.9. The summed E-state index contributed by atoms with van der Waals surface area (Å²) in [5, 5.41) is 12.8. The van der Waals surface area contributed by atoms with E-state index in [0.29, 0.717) is 24.3 Å². The molecular formula is C22H26N2O3. The predicted molar refractivity (Wildman–Crippen MR) is 106 cm³/mol. The summed E-state index contributed by atoms with van der Waals surface area (Å²) in [4.78, 5) is 27.3. The molecule has 2 N–H and O–H groups in total. The van der Waals surface area contributed by atoms with Gasteiger partial charge in [0.05, 0.1) is 11.6 Å². The minimum Gasteiger partial charge on any atom is -0.506 e. The summed E-state index contributed by atoms with van der Waals surface area (Å²) in [6.45, 7) is 6.88. The predicted octanol–water partition coefficient (Wildman–Crippen LogP) is 3.81. The van der Waals surface area contributed by atoms with Crippen molar-refractivity contribution in [1.29, 1.82) is 0 Å². The number of nitrogens with one attached hydrogen (secondary N) is 1. The summed E-state index contributed by atoms with van der Waals surface area (Å²) in [6, 6.07) is 11.0. The van der Waals surface area contributed by atoms with Gasteiger partial charge in [0.2, 0.25) is 5.91 Å². The van der Waals surface area contributed by atoms with E-state index in [-0.39, 0.29) is 23.5 Å². The molecule has 5 nitrogen and oxygen atoms in total. The largest absolute Gasteiger partial charge is 0.506 e. The van der Waals surface area contributed by atoms with E-state index in [1.807, 2.05) is 45.0 Å². The zero-order chi connectivity index (χ0) is 19.6. The molecule has 0 bridgehead atoms. The van der Waals surface area contributed by atoms with Crippen LogP contribution in [-0.4, -0.2) is 34.9 Å². The van der Waals surface area contributed by atoms with Gasteiger partial charge in [-0.3, -0.25) is 9.59 Å². The second-order valence-electron chi connectivity index (χ2n) is 7.48. The zero-order valence-electron chi connectivity index (χ0n) is 16.1. The SMILES string of the molecule is Cc1cc(C)cc(C(=O)N2CCCC(C(=O)Nc3ccc(C)cc3O)C2)c1. The lowest BCUT2D eigenvalue weighted by atomic mass is 9.96. The number of carbonyl (C=O) groups excluding carboxylic acids is 2. The average Bonchev–Trinajstić information content (AvgIpc) is 2.62. The first-order valence-electron chi connectivity index (χ1n) is 9.31. The van der Waals surface area contributed by atoms with Crippen LogP contribution in [0.4, 0.5) is 5.69 Å². The lowest BCUT2D eigenvalue weighted by Crippen LogP contribution is -2.43. The maximum atomic E-state index is 12.9. The van der Waals surface area contributed by atoms with Crippen molar-refractivity contribution in [3.05, 3.63) is 58.7 Å². The third-order valence-electron chi connectivity index (χ3n) is 4.96. The fourth-order valence-corrected chi connectivity index (χ4v) is 3.64. The Balaban J connectivity index is 1.69. The van der Waals surface area contributed by atoms with E-state index < -0.39 is 0 Å². The van der Waals surface area contributed by atoms with Crippen molar-refractivity contribution in [3.63, 3.8) is 0 Å². The number of nitrogens with zero attached hydrogens (tertiary/aromatic N) is 1. The van der Waals surface area contributed by atoms with E-state index in [1.165, 1.54) is 0 Å². The molecule has 1 heterocycles. The van der Waals surface area contributed by atoms with Gasteiger partial charge in [-0.25, -0.2) is 0 Å². The molecule has 5 heteroatoms. The fraction of sp³-hybridized carbons (Fsp3) is 0.364. The number of phenols is 1. The normalized spacial score (nSPS) is 16.9. The van der Waals surface area contributed by atoms with Gasteiger partial charge in [-0.05, 0) is 63.4 Å². The van der Waals surface area contributed by atoms with E-state index in [0.717, 1.165) is 29.5 Å². The standard InChI is InChI=1S/C22H26N2O3/c1-14-6-7-19(20(25)12-14)23-21(26)17-5-4-8-24(13-17)22(27)18-10-15(2)9-16(3)11-18/h6-7,9-12,17,25H,4-5,8,13H2,1-3H3,(H,23,26). The van der Waals surface area contributed by atoms with Crippen molar-refractivity contribution in [2.45, 2.75) is 33.6 Å².